The van der Waals surface area contributed by atoms with E-state index in [-0.39, 0.29) is 12.1 Å². The summed E-state index contributed by atoms with van der Waals surface area (Å²) in [5.41, 5.74) is 4.91. The van der Waals surface area contributed by atoms with Crippen LogP contribution in [-0.2, 0) is 4.84 Å². The van der Waals surface area contributed by atoms with Crippen LogP contribution in [0.5, 0.6) is 0 Å². The molecular formula is C13H19FN4O2. The third kappa shape index (κ3) is 3.57. The predicted octanol–water partition coefficient (Wildman–Crippen LogP) is 2.45. The van der Waals surface area contributed by atoms with E-state index in [0.29, 0.717) is 5.82 Å². The fraction of sp³-hybridized carbons (Fsp3) is 0.538. The lowest BCUT2D eigenvalue weighted by Gasteiger charge is -2.37. The first-order valence-corrected chi connectivity index (χ1v) is 6.69. The van der Waals surface area contributed by atoms with Crippen LogP contribution in [0.1, 0.15) is 33.1 Å². The summed E-state index contributed by atoms with van der Waals surface area (Å²) in [6.07, 6.45) is 3.72. The van der Waals surface area contributed by atoms with E-state index in [2.05, 4.69) is 16.0 Å². The van der Waals surface area contributed by atoms with Crippen LogP contribution in [0.15, 0.2) is 18.3 Å². The highest BCUT2D eigenvalue weighted by Gasteiger charge is 2.30. The molecule has 1 aliphatic heterocycles. The van der Waals surface area contributed by atoms with Gasteiger partial charge in [0, 0.05) is 12.1 Å². The highest BCUT2D eigenvalue weighted by Crippen LogP contribution is 2.22. The second-order valence-corrected chi connectivity index (χ2v) is 4.99. The Bertz CT molecular complexity index is 444. The summed E-state index contributed by atoms with van der Waals surface area (Å²) < 4.78 is 12.7. The third-order valence-corrected chi connectivity index (χ3v) is 3.45. The number of hydrogen-bond acceptors (Lipinski definition) is 5. The van der Waals surface area contributed by atoms with Crippen molar-refractivity contribution in [3.8, 4) is 0 Å². The minimum atomic E-state index is -0.431. The topological polar surface area (TPSA) is 66.5 Å². The van der Waals surface area contributed by atoms with Gasteiger partial charge < -0.3 is 9.74 Å². The Morgan fingerprint density at radius 3 is 2.70 bits per heavy atom. The number of rotatable bonds is 3. The normalized spacial score (nSPS) is 22.4. The number of hydrogen-bond donors (Lipinski definition) is 2. The van der Waals surface area contributed by atoms with Gasteiger partial charge in [-0.3, -0.25) is 5.43 Å². The number of halogens is 1. The van der Waals surface area contributed by atoms with Gasteiger partial charge in [0.2, 0.25) is 0 Å². The molecule has 0 radical (unpaired) electrons. The number of piperidine rings is 1. The second kappa shape index (κ2) is 6.51. The lowest BCUT2D eigenvalue weighted by atomic mass is 9.98. The molecule has 0 spiro atoms. The molecule has 6 nitrogen and oxygen atoms in total. The summed E-state index contributed by atoms with van der Waals surface area (Å²) in [7, 11) is 0. The molecule has 110 valence electrons. The first kappa shape index (κ1) is 14.5. The van der Waals surface area contributed by atoms with Gasteiger partial charge in [-0.05, 0) is 45.2 Å². The van der Waals surface area contributed by atoms with Crippen molar-refractivity contribution in [1.29, 1.82) is 0 Å². The molecule has 2 rings (SSSR count). The van der Waals surface area contributed by atoms with Crippen molar-refractivity contribution in [2.75, 3.05) is 5.43 Å². The molecule has 1 aromatic rings. The number of hydrazine groups is 1. The fourth-order valence-electron chi connectivity index (χ4n) is 2.41. The monoisotopic (exact) mass is 282 g/mol. The highest BCUT2D eigenvalue weighted by atomic mass is 19.1. The lowest BCUT2D eigenvalue weighted by molar-refractivity contribution is 0.0286. The van der Waals surface area contributed by atoms with Crippen LogP contribution in [0.25, 0.3) is 0 Å². The first-order chi connectivity index (χ1) is 9.58. The van der Waals surface area contributed by atoms with Crippen molar-refractivity contribution in [3.05, 3.63) is 24.1 Å². The number of carbonyl (C=O) groups excluding carboxylic acids is 1. The van der Waals surface area contributed by atoms with E-state index >= 15 is 0 Å². The molecule has 1 saturated heterocycles. The summed E-state index contributed by atoms with van der Waals surface area (Å²) in [6, 6.07) is 3.02. The van der Waals surface area contributed by atoms with Gasteiger partial charge in [-0.1, -0.05) is 5.59 Å². The quantitative estimate of drug-likeness (QED) is 0.834. The maximum atomic E-state index is 12.7. The maximum absolute atomic E-state index is 12.7. The number of nitrogens with zero attached hydrogens (tertiary/aromatic N) is 2. The zero-order chi connectivity index (χ0) is 14.5. The molecule has 1 aromatic heterocycles. The zero-order valence-corrected chi connectivity index (χ0v) is 11.6. The molecule has 0 aliphatic carbocycles. The van der Waals surface area contributed by atoms with Gasteiger partial charge in [0.05, 0.1) is 6.20 Å². The molecule has 0 aromatic carbocycles. The van der Waals surface area contributed by atoms with Gasteiger partial charge in [0.15, 0.2) is 0 Å². The van der Waals surface area contributed by atoms with Gasteiger partial charge >= 0.3 is 6.09 Å². The average Bonchev–Trinajstić information content (AvgIpc) is 2.41. The second-order valence-electron chi connectivity index (χ2n) is 4.99. The summed E-state index contributed by atoms with van der Waals surface area (Å²) >= 11 is 0. The number of carbonyl (C=O) groups is 1. The van der Waals surface area contributed by atoms with Crippen molar-refractivity contribution in [1.82, 2.24) is 15.5 Å². The Kier molecular flexibility index (Phi) is 4.73. The van der Waals surface area contributed by atoms with Crippen LogP contribution >= 0.6 is 0 Å². The summed E-state index contributed by atoms with van der Waals surface area (Å²) in [5.74, 6) is -0.0672. The number of anilines is 1. The van der Waals surface area contributed by atoms with Crippen LogP contribution in [0.4, 0.5) is 15.0 Å². The lowest BCUT2D eigenvalue weighted by Crippen LogP contribution is -2.49. The molecule has 7 heteroatoms. The van der Waals surface area contributed by atoms with Crippen molar-refractivity contribution in [2.45, 2.75) is 45.2 Å². The first-order valence-electron chi connectivity index (χ1n) is 6.69. The Morgan fingerprint density at radius 1 is 1.40 bits per heavy atom. The largest absolute Gasteiger partial charge is 0.430 e. The van der Waals surface area contributed by atoms with Crippen molar-refractivity contribution >= 4 is 11.9 Å². The summed E-state index contributed by atoms with van der Waals surface area (Å²) in [6.45, 7) is 4.01. The number of nitrogens with one attached hydrogen (secondary N) is 2. The van der Waals surface area contributed by atoms with Crippen LogP contribution in [-0.4, -0.2) is 28.1 Å². The van der Waals surface area contributed by atoms with E-state index in [0.717, 1.165) is 25.5 Å². The molecule has 1 amide bonds. The van der Waals surface area contributed by atoms with Crippen molar-refractivity contribution in [3.63, 3.8) is 0 Å². The van der Waals surface area contributed by atoms with Crippen LogP contribution in [0.3, 0.4) is 0 Å². The smallest absolute Gasteiger partial charge is 0.333 e. The van der Waals surface area contributed by atoms with Gasteiger partial charge in [-0.2, -0.15) is 0 Å². The Labute approximate surface area is 117 Å². The molecule has 20 heavy (non-hydrogen) atoms. The van der Waals surface area contributed by atoms with Crippen LogP contribution in [0.2, 0.25) is 0 Å². The van der Waals surface area contributed by atoms with Gasteiger partial charge in [0.25, 0.3) is 0 Å². The molecule has 2 atom stereocenters. The SMILES string of the molecule is C[C@@H]1CCC[C@H](C)N1C(=O)ONNc1ccc(F)cn1. The Balaban J connectivity index is 1.81. The third-order valence-electron chi connectivity index (χ3n) is 3.45. The molecule has 0 unspecified atom stereocenters. The van der Waals surface area contributed by atoms with Crippen molar-refractivity contribution in [2.24, 2.45) is 0 Å². The van der Waals surface area contributed by atoms with Crippen LogP contribution in [0, 0.1) is 5.82 Å². The van der Waals surface area contributed by atoms with Crippen LogP contribution < -0.4 is 11.0 Å². The van der Waals surface area contributed by atoms with E-state index in [9.17, 15) is 9.18 Å². The van der Waals surface area contributed by atoms with Gasteiger partial charge in [-0.15, -0.1) is 0 Å². The Morgan fingerprint density at radius 2 is 2.10 bits per heavy atom. The Hall–Kier alpha value is -1.89. The molecule has 0 saturated carbocycles. The van der Waals surface area contributed by atoms with E-state index in [1.165, 1.54) is 12.1 Å². The summed E-state index contributed by atoms with van der Waals surface area (Å²) in [5, 5.41) is 0. The van der Waals surface area contributed by atoms with E-state index < -0.39 is 11.9 Å². The molecule has 0 bridgehead atoms. The van der Waals surface area contributed by atoms with E-state index in [1.54, 1.807) is 4.90 Å². The number of aromatic nitrogens is 1. The summed E-state index contributed by atoms with van der Waals surface area (Å²) in [4.78, 5) is 22.4. The highest BCUT2D eigenvalue weighted by molar-refractivity contribution is 5.68. The van der Waals surface area contributed by atoms with Gasteiger partial charge in [-0.25, -0.2) is 14.2 Å². The molecule has 2 N–H and O–H groups in total. The zero-order valence-electron chi connectivity index (χ0n) is 11.6. The number of amides is 1. The maximum Gasteiger partial charge on any atom is 0.430 e. The molecule has 1 aliphatic rings. The standard InChI is InChI=1S/C13H19FN4O2/c1-9-4-3-5-10(2)18(9)13(19)20-17-16-12-7-6-11(14)8-15-12/h6-10,17H,3-5H2,1-2H3,(H,15,16)/t9-,10+. The predicted molar refractivity (Wildman–Crippen MR) is 72.0 cm³/mol. The number of likely N-dealkylation sites (tertiary alicyclic amines) is 1. The molecular weight excluding hydrogens is 263 g/mol. The minimum absolute atomic E-state index is 0.164. The minimum Gasteiger partial charge on any atom is -0.333 e. The fourth-order valence-corrected chi connectivity index (χ4v) is 2.41. The average molecular weight is 282 g/mol. The van der Waals surface area contributed by atoms with E-state index in [4.69, 9.17) is 4.84 Å². The van der Waals surface area contributed by atoms with E-state index in [1.807, 2.05) is 13.8 Å². The van der Waals surface area contributed by atoms with Crippen molar-refractivity contribution < 1.29 is 14.0 Å². The number of pyridine rings is 1. The molecule has 1 fully saturated rings. The molecule has 2 heterocycles. The van der Waals surface area contributed by atoms with Gasteiger partial charge in [0.1, 0.15) is 11.6 Å².